The summed E-state index contributed by atoms with van der Waals surface area (Å²) in [5, 5.41) is 12.0. The van der Waals surface area contributed by atoms with Crippen LogP contribution in [-0.4, -0.2) is 32.2 Å². The van der Waals surface area contributed by atoms with Crippen molar-refractivity contribution in [2.24, 2.45) is 0 Å². The first kappa shape index (κ1) is 22.4. The number of hydrogen-bond donors (Lipinski definition) is 1. The molecule has 0 unspecified atom stereocenters. The molecule has 0 atom stereocenters. The molecule has 0 saturated heterocycles. The summed E-state index contributed by atoms with van der Waals surface area (Å²) in [4.78, 5) is 25.2. The first-order chi connectivity index (χ1) is 17.2. The lowest BCUT2D eigenvalue weighted by Crippen LogP contribution is -2.12. The molecule has 0 saturated carbocycles. The number of Topliss-reactive ketones (excluding diaryl/α,β-unsaturated/α-hetero) is 1. The highest BCUT2D eigenvalue weighted by Gasteiger charge is 2.19. The quantitative estimate of drug-likeness (QED) is 0.225. The van der Waals surface area contributed by atoms with E-state index in [1.165, 1.54) is 11.8 Å². The number of carbonyl (C=O) groups excluding carboxylic acids is 2. The van der Waals surface area contributed by atoms with E-state index < -0.39 is 0 Å². The number of furan rings is 1. The summed E-state index contributed by atoms with van der Waals surface area (Å²) in [7, 11) is 0. The molecular weight excluding hydrogens is 460 g/mol. The molecule has 0 bridgehead atoms. The van der Waals surface area contributed by atoms with E-state index in [0.717, 1.165) is 5.69 Å². The Hall–Kier alpha value is -4.43. The van der Waals surface area contributed by atoms with Crippen LogP contribution in [0.4, 0.5) is 5.69 Å². The Morgan fingerprint density at radius 3 is 2.20 bits per heavy atom. The SMILES string of the molecule is O=C(CSc1nnc(-c2ccco2)n1-c1ccccc1)c1ccc(NC(=O)c2ccccc2)cc1. The van der Waals surface area contributed by atoms with Crippen LogP contribution in [0.5, 0.6) is 0 Å². The minimum absolute atomic E-state index is 0.0573. The van der Waals surface area contributed by atoms with Crippen LogP contribution in [0.3, 0.4) is 0 Å². The zero-order valence-electron chi connectivity index (χ0n) is 18.5. The van der Waals surface area contributed by atoms with Crippen molar-refractivity contribution in [1.82, 2.24) is 14.8 Å². The van der Waals surface area contributed by atoms with Gasteiger partial charge in [0.1, 0.15) is 0 Å². The van der Waals surface area contributed by atoms with E-state index in [-0.39, 0.29) is 17.4 Å². The fraction of sp³-hybridized carbons (Fsp3) is 0.0370. The van der Waals surface area contributed by atoms with Crippen LogP contribution in [0.15, 0.2) is 113 Å². The maximum Gasteiger partial charge on any atom is 0.255 e. The third kappa shape index (κ3) is 5.07. The van der Waals surface area contributed by atoms with E-state index in [0.29, 0.717) is 33.6 Å². The molecule has 0 radical (unpaired) electrons. The second-order valence-electron chi connectivity index (χ2n) is 7.56. The Morgan fingerprint density at radius 2 is 1.51 bits per heavy atom. The lowest BCUT2D eigenvalue weighted by atomic mass is 10.1. The molecule has 0 spiro atoms. The minimum Gasteiger partial charge on any atom is -0.461 e. The summed E-state index contributed by atoms with van der Waals surface area (Å²) in [5.74, 6) is 1.08. The highest BCUT2D eigenvalue weighted by molar-refractivity contribution is 7.99. The molecule has 5 aromatic rings. The minimum atomic E-state index is -0.201. The molecule has 0 aliphatic heterocycles. The van der Waals surface area contributed by atoms with E-state index in [4.69, 9.17) is 4.42 Å². The van der Waals surface area contributed by atoms with Crippen molar-refractivity contribution in [3.8, 4) is 17.3 Å². The van der Waals surface area contributed by atoms with Gasteiger partial charge in [-0.05, 0) is 60.7 Å². The van der Waals surface area contributed by atoms with Gasteiger partial charge in [0.15, 0.2) is 16.7 Å². The number of benzene rings is 3. The topological polar surface area (TPSA) is 90.0 Å². The fourth-order valence-corrected chi connectivity index (χ4v) is 4.33. The van der Waals surface area contributed by atoms with Crippen LogP contribution >= 0.6 is 11.8 Å². The van der Waals surface area contributed by atoms with Gasteiger partial charge in [0, 0.05) is 22.5 Å². The predicted octanol–water partition coefficient (Wildman–Crippen LogP) is 5.75. The highest BCUT2D eigenvalue weighted by Crippen LogP contribution is 2.28. The molecule has 8 heteroatoms. The van der Waals surface area contributed by atoms with E-state index in [9.17, 15) is 9.59 Å². The summed E-state index contributed by atoms with van der Waals surface area (Å²) in [5.41, 5.74) is 2.61. The van der Waals surface area contributed by atoms with Gasteiger partial charge in [0.05, 0.1) is 12.0 Å². The average Bonchev–Trinajstić information content (AvgIpc) is 3.59. The summed E-state index contributed by atoms with van der Waals surface area (Å²) >= 11 is 1.30. The molecule has 0 fully saturated rings. The molecule has 2 heterocycles. The summed E-state index contributed by atoms with van der Waals surface area (Å²) in [6, 6.07) is 29.1. The number of nitrogens with zero attached hydrogens (tertiary/aromatic N) is 3. The molecule has 35 heavy (non-hydrogen) atoms. The Labute approximate surface area is 205 Å². The average molecular weight is 481 g/mol. The molecule has 172 valence electrons. The Balaban J connectivity index is 1.29. The number of rotatable bonds is 8. The van der Waals surface area contributed by atoms with Crippen molar-refractivity contribution in [3.05, 3.63) is 114 Å². The maximum atomic E-state index is 12.9. The van der Waals surface area contributed by atoms with E-state index in [1.54, 1.807) is 48.7 Å². The molecule has 5 rings (SSSR count). The summed E-state index contributed by atoms with van der Waals surface area (Å²) in [6.45, 7) is 0. The second kappa shape index (κ2) is 10.2. The first-order valence-corrected chi connectivity index (χ1v) is 11.8. The normalized spacial score (nSPS) is 10.7. The zero-order valence-corrected chi connectivity index (χ0v) is 19.3. The molecular formula is C27H20N4O3S. The molecule has 2 aromatic heterocycles. The Morgan fingerprint density at radius 1 is 0.800 bits per heavy atom. The van der Waals surface area contributed by atoms with Gasteiger partial charge < -0.3 is 9.73 Å². The van der Waals surface area contributed by atoms with E-state index in [1.807, 2.05) is 59.2 Å². The number of aromatic nitrogens is 3. The van der Waals surface area contributed by atoms with Gasteiger partial charge >= 0.3 is 0 Å². The number of hydrogen-bond acceptors (Lipinski definition) is 6. The molecule has 0 aliphatic rings. The van der Waals surface area contributed by atoms with Gasteiger partial charge in [0.25, 0.3) is 5.91 Å². The molecule has 7 nitrogen and oxygen atoms in total. The summed E-state index contributed by atoms with van der Waals surface area (Å²) in [6.07, 6.45) is 1.58. The van der Waals surface area contributed by atoms with Crippen LogP contribution in [0.25, 0.3) is 17.3 Å². The van der Waals surface area contributed by atoms with Gasteiger partial charge in [0.2, 0.25) is 5.82 Å². The van der Waals surface area contributed by atoms with Crippen LogP contribution in [0, 0.1) is 0 Å². The fourth-order valence-electron chi connectivity index (χ4n) is 3.48. The summed E-state index contributed by atoms with van der Waals surface area (Å²) < 4.78 is 7.40. The number of carbonyl (C=O) groups is 2. The molecule has 1 amide bonds. The third-order valence-corrected chi connectivity index (χ3v) is 6.15. The van der Waals surface area contributed by atoms with Crippen LogP contribution < -0.4 is 5.32 Å². The lowest BCUT2D eigenvalue weighted by Gasteiger charge is -2.09. The standard InChI is InChI=1S/C27H20N4O3S/c32-23(19-13-15-21(16-14-19)28-26(33)20-8-3-1-4-9-20)18-35-27-30-29-25(24-12-7-17-34-24)31(27)22-10-5-2-6-11-22/h1-17H,18H2,(H,28,33). The largest absolute Gasteiger partial charge is 0.461 e. The highest BCUT2D eigenvalue weighted by atomic mass is 32.2. The van der Waals surface area contributed by atoms with Gasteiger partial charge in [-0.2, -0.15) is 0 Å². The van der Waals surface area contributed by atoms with Gasteiger partial charge in [-0.3, -0.25) is 14.2 Å². The van der Waals surface area contributed by atoms with Gasteiger partial charge in [-0.15, -0.1) is 10.2 Å². The number of para-hydroxylation sites is 1. The molecule has 3 aromatic carbocycles. The number of ketones is 1. The van der Waals surface area contributed by atoms with E-state index >= 15 is 0 Å². The van der Waals surface area contributed by atoms with E-state index in [2.05, 4.69) is 15.5 Å². The van der Waals surface area contributed by atoms with Crippen molar-refractivity contribution in [2.75, 3.05) is 11.1 Å². The Bertz CT molecular complexity index is 1430. The number of amides is 1. The monoisotopic (exact) mass is 480 g/mol. The van der Waals surface area contributed by atoms with Crippen molar-refractivity contribution in [2.45, 2.75) is 5.16 Å². The first-order valence-electron chi connectivity index (χ1n) is 10.9. The lowest BCUT2D eigenvalue weighted by molar-refractivity contribution is 0.101. The van der Waals surface area contributed by atoms with Gasteiger partial charge in [-0.25, -0.2) is 0 Å². The van der Waals surface area contributed by atoms with Crippen molar-refractivity contribution >= 4 is 29.1 Å². The van der Waals surface area contributed by atoms with Crippen molar-refractivity contribution in [1.29, 1.82) is 0 Å². The second-order valence-corrected chi connectivity index (χ2v) is 8.51. The zero-order chi connectivity index (χ0) is 24.0. The van der Waals surface area contributed by atoms with Crippen LogP contribution in [0.2, 0.25) is 0 Å². The maximum absolute atomic E-state index is 12.9. The molecule has 1 N–H and O–H groups in total. The Kier molecular flexibility index (Phi) is 6.54. The van der Waals surface area contributed by atoms with Crippen molar-refractivity contribution < 1.29 is 14.0 Å². The smallest absolute Gasteiger partial charge is 0.255 e. The number of nitrogens with one attached hydrogen (secondary N) is 1. The number of thioether (sulfide) groups is 1. The molecule has 0 aliphatic carbocycles. The third-order valence-electron chi connectivity index (χ3n) is 5.22. The van der Waals surface area contributed by atoms with Gasteiger partial charge in [-0.1, -0.05) is 48.2 Å². The van der Waals surface area contributed by atoms with Crippen LogP contribution in [-0.2, 0) is 0 Å². The predicted molar refractivity (Wildman–Crippen MR) is 135 cm³/mol. The van der Waals surface area contributed by atoms with Crippen molar-refractivity contribution in [3.63, 3.8) is 0 Å². The van der Waals surface area contributed by atoms with Crippen LogP contribution in [0.1, 0.15) is 20.7 Å². The number of anilines is 1.